The van der Waals surface area contributed by atoms with Crippen molar-refractivity contribution in [3.8, 4) is 0 Å². The predicted octanol–water partition coefficient (Wildman–Crippen LogP) is 2.46. The first-order chi connectivity index (χ1) is 13.4. The van der Waals surface area contributed by atoms with Gasteiger partial charge in [-0.05, 0) is 36.1 Å². The van der Waals surface area contributed by atoms with Gasteiger partial charge in [-0.15, -0.1) is 11.3 Å². The Morgan fingerprint density at radius 1 is 1.32 bits per heavy atom. The molecule has 1 aliphatic rings. The van der Waals surface area contributed by atoms with Gasteiger partial charge in [-0.3, -0.25) is 9.36 Å². The molecule has 0 saturated carbocycles. The van der Waals surface area contributed by atoms with Crippen molar-refractivity contribution in [2.75, 3.05) is 12.4 Å². The number of carbonyl (C=O) groups excluding carboxylic acids is 2. The molecule has 1 N–H and O–H groups in total. The largest absolute Gasteiger partial charge is 0.465 e. The summed E-state index contributed by atoms with van der Waals surface area (Å²) in [6, 6.07) is 0. The predicted molar refractivity (Wildman–Crippen MR) is 107 cm³/mol. The maximum absolute atomic E-state index is 12.5. The zero-order chi connectivity index (χ0) is 20.3. The van der Waals surface area contributed by atoms with E-state index in [4.69, 9.17) is 4.74 Å². The van der Waals surface area contributed by atoms with E-state index in [-0.39, 0.29) is 12.2 Å². The Labute approximate surface area is 167 Å². The Morgan fingerprint density at radius 2 is 2.11 bits per heavy atom. The number of hydrogen-bond acceptors (Lipinski definition) is 6. The van der Waals surface area contributed by atoms with Crippen LogP contribution in [0.4, 0.5) is 5.00 Å². The number of methoxy groups -OCH3 is 1. The first-order valence-electron chi connectivity index (χ1n) is 9.55. The van der Waals surface area contributed by atoms with E-state index < -0.39 is 11.9 Å². The molecule has 1 amide bonds. The molecule has 0 radical (unpaired) electrons. The van der Waals surface area contributed by atoms with Crippen LogP contribution in [0.5, 0.6) is 0 Å². The van der Waals surface area contributed by atoms with Crippen LogP contribution in [0.3, 0.4) is 0 Å². The van der Waals surface area contributed by atoms with E-state index in [1.54, 1.807) is 4.57 Å². The van der Waals surface area contributed by atoms with Gasteiger partial charge in [-0.2, -0.15) is 5.10 Å². The van der Waals surface area contributed by atoms with Gasteiger partial charge in [0.15, 0.2) is 0 Å². The molecule has 28 heavy (non-hydrogen) atoms. The number of aromatic nitrogens is 3. The number of amides is 1. The molecule has 3 heterocycles. The molecule has 1 aliphatic heterocycles. The van der Waals surface area contributed by atoms with Crippen molar-refractivity contribution in [1.82, 2.24) is 14.3 Å². The highest BCUT2D eigenvalue weighted by molar-refractivity contribution is 7.15. The second kappa shape index (κ2) is 8.72. The minimum Gasteiger partial charge on any atom is -0.465 e. The Bertz CT molecular complexity index is 925. The molecule has 0 bridgehead atoms. The number of rotatable bonds is 6. The lowest BCUT2D eigenvalue weighted by Crippen LogP contribution is -2.30. The van der Waals surface area contributed by atoms with E-state index in [2.05, 4.69) is 24.3 Å². The van der Waals surface area contributed by atoms with Crippen LogP contribution in [0, 0.1) is 5.92 Å². The van der Waals surface area contributed by atoms with Crippen LogP contribution < -0.4 is 11.0 Å². The summed E-state index contributed by atoms with van der Waals surface area (Å²) in [4.78, 5) is 37.3. The monoisotopic (exact) mass is 406 g/mol. The normalized spacial score (nSPS) is 13.9. The maximum Gasteiger partial charge on any atom is 0.346 e. The van der Waals surface area contributed by atoms with Crippen molar-refractivity contribution in [3.05, 3.63) is 32.8 Å². The number of anilines is 1. The molecule has 0 unspecified atom stereocenters. The molecule has 0 aromatic carbocycles. The standard InChI is InChI=1S/C19H26N4O4S/c1-12(2)9-13-11-28-17(16(13)18(25)27-3)20-15(24)10-23-19(26)22-8-6-4-5-7-14(22)21-23/h11-12H,4-10H2,1-3H3,(H,20,24). The molecule has 0 atom stereocenters. The number of nitrogens with zero attached hydrogens (tertiary/aromatic N) is 3. The van der Waals surface area contributed by atoms with Crippen molar-refractivity contribution in [2.45, 2.75) is 59.0 Å². The average molecular weight is 407 g/mol. The molecular weight excluding hydrogens is 380 g/mol. The van der Waals surface area contributed by atoms with Crippen LogP contribution in [-0.4, -0.2) is 33.3 Å². The third-order valence-electron chi connectivity index (χ3n) is 4.71. The molecule has 0 fully saturated rings. The van der Waals surface area contributed by atoms with E-state index in [1.807, 2.05) is 5.38 Å². The Morgan fingerprint density at radius 3 is 2.82 bits per heavy atom. The molecule has 8 nitrogen and oxygen atoms in total. The fourth-order valence-corrected chi connectivity index (χ4v) is 4.41. The number of esters is 1. The summed E-state index contributed by atoms with van der Waals surface area (Å²) in [6.07, 6.45) is 4.49. The van der Waals surface area contributed by atoms with Gasteiger partial charge in [-0.25, -0.2) is 14.3 Å². The second-order valence-corrected chi connectivity index (χ2v) is 8.30. The number of nitrogens with one attached hydrogen (secondary N) is 1. The van der Waals surface area contributed by atoms with Gasteiger partial charge >= 0.3 is 11.7 Å². The highest BCUT2D eigenvalue weighted by atomic mass is 32.1. The van der Waals surface area contributed by atoms with Crippen molar-refractivity contribution in [1.29, 1.82) is 0 Å². The Kier molecular flexibility index (Phi) is 6.33. The third kappa shape index (κ3) is 4.35. The van der Waals surface area contributed by atoms with Crippen molar-refractivity contribution in [3.63, 3.8) is 0 Å². The molecule has 2 aromatic heterocycles. The zero-order valence-electron chi connectivity index (χ0n) is 16.5. The summed E-state index contributed by atoms with van der Waals surface area (Å²) in [7, 11) is 1.32. The van der Waals surface area contributed by atoms with Gasteiger partial charge < -0.3 is 10.1 Å². The zero-order valence-corrected chi connectivity index (χ0v) is 17.3. The summed E-state index contributed by atoms with van der Waals surface area (Å²) in [6.45, 7) is 4.58. The van der Waals surface area contributed by atoms with Gasteiger partial charge in [0.25, 0.3) is 0 Å². The molecule has 0 spiro atoms. The SMILES string of the molecule is COC(=O)c1c(CC(C)C)csc1NC(=O)Cn1nc2n(c1=O)CCCCC2. The van der Waals surface area contributed by atoms with Crippen molar-refractivity contribution in [2.24, 2.45) is 5.92 Å². The van der Waals surface area contributed by atoms with Crippen molar-refractivity contribution >= 4 is 28.2 Å². The van der Waals surface area contributed by atoms with E-state index in [9.17, 15) is 14.4 Å². The van der Waals surface area contributed by atoms with Gasteiger partial charge in [0.1, 0.15) is 17.4 Å². The van der Waals surface area contributed by atoms with Crippen LogP contribution in [0.25, 0.3) is 0 Å². The summed E-state index contributed by atoms with van der Waals surface area (Å²) in [5.74, 6) is 0.235. The number of thiophene rings is 1. The molecule has 3 rings (SSSR count). The highest BCUT2D eigenvalue weighted by Gasteiger charge is 2.23. The molecule has 0 aliphatic carbocycles. The van der Waals surface area contributed by atoms with Crippen LogP contribution in [-0.2, 0) is 35.5 Å². The first-order valence-corrected chi connectivity index (χ1v) is 10.4. The van der Waals surface area contributed by atoms with Gasteiger partial charge in [0.05, 0.1) is 12.7 Å². The molecule has 9 heteroatoms. The Hall–Kier alpha value is -2.42. The van der Waals surface area contributed by atoms with E-state index in [1.165, 1.54) is 23.1 Å². The summed E-state index contributed by atoms with van der Waals surface area (Å²) in [5.41, 5.74) is 0.988. The average Bonchev–Trinajstić information content (AvgIpc) is 3.05. The number of aryl methyl sites for hydroxylation is 1. The topological polar surface area (TPSA) is 95.2 Å². The van der Waals surface area contributed by atoms with E-state index in [0.29, 0.717) is 29.4 Å². The number of fused-ring (bicyclic) bond motifs is 1. The number of carbonyl (C=O) groups is 2. The molecule has 152 valence electrons. The number of ether oxygens (including phenoxy) is 1. The van der Waals surface area contributed by atoms with Gasteiger partial charge in [0.2, 0.25) is 5.91 Å². The smallest absolute Gasteiger partial charge is 0.346 e. The lowest BCUT2D eigenvalue weighted by molar-refractivity contribution is -0.116. The van der Waals surface area contributed by atoms with Crippen LogP contribution in [0.15, 0.2) is 10.2 Å². The van der Waals surface area contributed by atoms with Gasteiger partial charge in [0, 0.05) is 13.0 Å². The van der Waals surface area contributed by atoms with Crippen LogP contribution in [0.1, 0.15) is 54.9 Å². The summed E-state index contributed by atoms with van der Waals surface area (Å²) in [5, 5.41) is 9.40. The minimum atomic E-state index is -0.474. The minimum absolute atomic E-state index is 0.184. The fraction of sp³-hybridized carbons (Fsp3) is 0.579. The summed E-state index contributed by atoms with van der Waals surface area (Å²) < 4.78 is 7.75. The first kappa shape index (κ1) is 20.3. The quantitative estimate of drug-likeness (QED) is 0.744. The highest BCUT2D eigenvalue weighted by Crippen LogP contribution is 2.30. The van der Waals surface area contributed by atoms with Crippen molar-refractivity contribution < 1.29 is 14.3 Å². The lowest BCUT2D eigenvalue weighted by Gasteiger charge is -2.09. The molecule has 0 saturated heterocycles. The van der Waals surface area contributed by atoms with Crippen LogP contribution >= 0.6 is 11.3 Å². The third-order valence-corrected chi connectivity index (χ3v) is 5.66. The van der Waals surface area contributed by atoms with E-state index in [0.717, 1.165) is 37.1 Å². The maximum atomic E-state index is 12.5. The summed E-state index contributed by atoms with van der Waals surface area (Å²) >= 11 is 1.29. The number of hydrogen-bond donors (Lipinski definition) is 1. The second-order valence-electron chi connectivity index (χ2n) is 7.42. The molecular formula is C19H26N4O4S. The van der Waals surface area contributed by atoms with Gasteiger partial charge in [-0.1, -0.05) is 20.3 Å². The Balaban J connectivity index is 1.78. The van der Waals surface area contributed by atoms with Crippen LogP contribution in [0.2, 0.25) is 0 Å². The van der Waals surface area contributed by atoms with E-state index >= 15 is 0 Å². The fourth-order valence-electron chi connectivity index (χ4n) is 3.43. The lowest BCUT2D eigenvalue weighted by atomic mass is 10.0. The molecule has 2 aromatic rings.